The molecule has 0 aliphatic heterocycles. The van der Waals surface area contributed by atoms with Crippen LogP contribution in [-0.4, -0.2) is 4.98 Å². The molecule has 3 nitrogen and oxygen atoms in total. The van der Waals surface area contributed by atoms with Crippen molar-refractivity contribution < 1.29 is 4.39 Å². The lowest BCUT2D eigenvalue weighted by atomic mass is 10.0. The minimum absolute atomic E-state index is 0.0420. The van der Waals surface area contributed by atoms with Gasteiger partial charge in [0.1, 0.15) is 11.6 Å². The average molecular weight is 252 g/mol. The largest absolute Gasteiger partial charge is 0.383 e. The minimum Gasteiger partial charge on any atom is -0.383 e. The van der Waals surface area contributed by atoms with Crippen molar-refractivity contribution in [1.29, 1.82) is 0 Å². The van der Waals surface area contributed by atoms with E-state index in [1.54, 1.807) is 24.4 Å². The first-order valence-electron chi connectivity index (χ1n) is 5.00. The molecule has 1 aromatic carbocycles. The van der Waals surface area contributed by atoms with Crippen molar-refractivity contribution in [2.45, 2.75) is 6.04 Å². The Morgan fingerprint density at radius 3 is 2.71 bits per heavy atom. The van der Waals surface area contributed by atoms with Crippen molar-refractivity contribution in [1.82, 2.24) is 4.98 Å². The van der Waals surface area contributed by atoms with Crippen LogP contribution in [0, 0.1) is 5.82 Å². The number of aromatic nitrogens is 1. The molecule has 0 aliphatic rings. The van der Waals surface area contributed by atoms with Crippen LogP contribution in [0.3, 0.4) is 0 Å². The van der Waals surface area contributed by atoms with E-state index in [4.69, 9.17) is 23.1 Å². The van der Waals surface area contributed by atoms with Crippen LogP contribution in [0.4, 0.5) is 10.2 Å². The van der Waals surface area contributed by atoms with Gasteiger partial charge in [-0.3, -0.25) is 0 Å². The van der Waals surface area contributed by atoms with Crippen LogP contribution in [0.25, 0.3) is 0 Å². The highest BCUT2D eigenvalue weighted by Crippen LogP contribution is 2.26. The lowest BCUT2D eigenvalue weighted by molar-refractivity contribution is 0.627. The van der Waals surface area contributed by atoms with Crippen molar-refractivity contribution in [3.8, 4) is 0 Å². The van der Waals surface area contributed by atoms with Gasteiger partial charge in [-0.25, -0.2) is 9.37 Å². The Kier molecular flexibility index (Phi) is 3.26. The first-order valence-corrected chi connectivity index (χ1v) is 5.38. The molecular weight excluding hydrogens is 241 g/mol. The summed E-state index contributed by atoms with van der Waals surface area (Å²) in [7, 11) is 0. The summed E-state index contributed by atoms with van der Waals surface area (Å²) in [6, 6.07) is 7.42. The second-order valence-electron chi connectivity index (χ2n) is 3.63. The van der Waals surface area contributed by atoms with Gasteiger partial charge in [0, 0.05) is 11.8 Å². The number of hydrogen-bond donors (Lipinski definition) is 2. The van der Waals surface area contributed by atoms with Crippen molar-refractivity contribution >= 4 is 17.4 Å². The monoisotopic (exact) mass is 251 g/mol. The zero-order valence-electron chi connectivity index (χ0n) is 8.90. The Hall–Kier alpha value is -1.65. The second-order valence-corrected chi connectivity index (χ2v) is 4.04. The number of nitrogens with two attached hydrogens (primary N) is 2. The number of anilines is 1. The number of nitrogens with zero attached hydrogens (tertiary/aromatic N) is 1. The zero-order valence-corrected chi connectivity index (χ0v) is 9.66. The van der Waals surface area contributed by atoms with E-state index in [-0.39, 0.29) is 5.02 Å². The van der Waals surface area contributed by atoms with Gasteiger partial charge in [0.2, 0.25) is 0 Å². The van der Waals surface area contributed by atoms with Gasteiger partial charge < -0.3 is 11.5 Å². The Labute approximate surface area is 103 Å². The van der Waals surface area contributed by atoms with Crippen LogP contribution in [0.5, 0.6) is 0 Å². The SMILES string of the molecule is Nc1ncccc1C(N)c1ccc(F)c(Cl)c1. The van der Waals surface area contributed by atoms with Crippen LogP contribution in [0.2, 0.25) is 5.02 Å². The Balaban J connectivity index is 2.40. The molecule has 0 aliphatic carbocycles. The quantitative estimate of drug-likeness (QED) is 0.862. The van der Waals surface area contributed by atoms with E-state index < -0.39 is 11.9 Å². The molecule has 0 fully saturated rings. The van der Waals surface area contributed by atoms with Gasteiger partial charge in [-0.05, 0) is 23.8 Å². The molecule has 5 heteroatoms. The fraction of sp³-hybridized carbons (Fsp3) is 0.0833. The number of nitrogen functional groups attached to an aromatic ring is 1. The van der Waals surface area contributed by atoms with Crippen molar-refractivity contribution in [3.63, 3.8) is 0 Å². The summed E-state index contributed by atoms with van der Waals surface area (Å²) < 4.78 is 13.0. The van der Waals surface area contributed by atoms with E-state index in [0.29, 0.717) is 16.9 Å². The van der Waals surface area contributed by atoms with Crippen molar-refractivity contribution in [3.05, 3.63) is 58.5 Å². The first kappa shape index (κ1) is 11.8. The number of halogens is 2. The van der Waals surface area contributed by atoms with E-state index in [9.17, 15) is 4.39 Å². The van der Waals surface area contributed by atoms with Gasteiger partial charge in [-0.1, -0.05) is 23.7 Å². The van der Waals surface area contributed by atoms with Gasteiger partial charge in [-0.15, -0.1) is 0 Å². The number of benzene rings is 1. The normalized spacial score (nSPS) is 12.4. The molecule has 1 heterocycles. The molecule has 1 unspecified atom stereocenters. The van der Waals surface area contributed by atoms with E-state index in [2.05, 4.69) is 4.98 Å². The Morgan fingerprint density at radius 1 is 1.29 bits per heavy atom. The molecule has 17 heavy (non-hydrogen) atoms. The summed E-state index contributed by atoms with van der Waals surface area (Å²) >= 11 is 5.71. The van der Waals surface area contributed by atoms with E-state index >= 15 is 0 Å². The van der Waals surface area contributed by atoms with Crippen LogP contribution in [0.1, 0.15) is 17.2 Å². The third kappa shape index (κ3) is 2.38. The van der Waals surface area contributed by atoms with Crippen LogP contribution in [0.15, 0.2) is 36.5 Å². The highest BCUT2D eigenvalue weighted by Gasteiger charge is 2.13. The summed E-state index contributed by atoms with van der Waals surface area (Å²) in [5.41, 5.74) is 13.1. The Bertz CT molecular complexity index is 545. The molecule has 2 aromatic rings. The lowest BCUT2D eigenvalue weighted by Crippen LogP contribution is -2.14. The van der Waals surface area contributed by atoms with E-state index in [1.807, 2.05) is 0 Å². The summed E-state index contributed by atoms with van der Waals surface area (Å²) in [6.45, 7) is 0. The topological polar surface area (TPSA) is 64.9 Å². The molecule has 0 amide bonds. The zero-order chi connectivity index (χ0) is 12.4. The second kappa shape index (κ2) is 4.69. The molecule has 0 radical (unpaired) electrons. The average Bonchev–Trinajstić information content (AvgIpc) is 2.32. The maximum atomic E-state index is 13.0. The molecule has 2 rings (SSSR count). The predicted molar refractivity (Wildman–Crippen MR) is 66.1 cm³/mol. The smallest absolute Gasteiger partial charge is 0.141 e. The molecule has 0 spiro atoms. The minimum atomic E-state index is -0.471. The number of rotatable bonds is 2. The van der Waals surface area contributed by atoms with Gasteiger partial charge >= 0.3 is 0 Å². The maximum Gasteiger partial charge on any atom is 0.141 e. The standard InChI is InChI=1S/C12H11ClFN3/c13-9-6-7(3-4-10(9)14)11(15)8-2-1-5-17-12(8)16/h1-6,11H,15H2,(H2,16,17). The molecule has 1 aromatic heterocycles. The number of pyridine rings is 1. The summed E-state index contributed by atoms with van der Waals surface area (Å²) in [5.74, 6) is -0.109. The first-order chi connectivity index (χ1) is 8.09. The molecule has 0 bridgehead atoms. The van der Waals surface area contributed by atoms with Crippen LogP contribution in [-0.2, 0) is 0 Å². The maximum absolute atomic E-state index is 13.0. The van der Waals surface area contributed by atoms with Gasteiger partial charge in [0.25, 0.3) is 0 Å². The van der Waals surface area contributed by atoms with Gasteiger partial charge in [0.05, 0.1) is 11.1 Å². The molecule has 88 valence electrons. The molecule has 0 saturated heterocycles. The van der Waals surface area contributed by atoms with E-state index in [1.165, 1.54) is 12.1 Å². The molecule has 4 N–H and O–H groups in total. The molecule has 0 saturated carbocycles. The van der Waals surface area contributed by atoms with Crippen molar-refractivity contribution in [2.75, 3.05) is 5.73 Å². The van der Waals surface area contributed by atoms with Gasteiger partial charge in [0.15, 0.2) is 0 Å². The Morgan fingerprint density at radius 2 is 2.06 bits per heavy atom. The lowest BCUT2D eigenvalue weighted by Gasteiger charge is -2.14. The molecular formula is C12H11ClFN3. The fourth-order valence-electron chi connectivity index (χ4n) is 1.58. The van der Waals surface area contributed by atoms with Gasteiger partial charge in [-0.2, -0.15) is 0 Å². The fourth-order valence-corrected chi connectivity index (χ4v) is 1.77. The predicted octanol–water partition coefficient (Wildman–Crippen LogP) is 2.50. The summed E-state index contributed by atoms with van der Waals surface area (Å²) in [6.07, 6.45) is 1.59. The van der Waals surface area contributed by atoms with Crippen LogP contribution < -0.4 is 11.5 Å². The third-order valence-corrected chi connectivity index (χ3v) is 2.80. The summed E-state index contributed by atoms with van der Waals surface area (Å²) in [4.78, 5) is 3.96. The van der Waals surface area contributed by atoms with E-state index in [0.717, 1.165) is 0 Å². The highest BCUT2D eigenvalue weighted by molar-refractivity contribution is 6.30. The molecule has 1 atom stereocenters. The summed E-state index contributed by atoms with van der Waals surface area (Å²) in [5, 5.41) is 0.0420. The third-order valence-electron chi connectivity index (χ3n) is 2.51. The number of hydrogen-bond acceptors (Lipinski definition) is 3. The van der Waals surface area contributed by atoms with Crippen LogP contribution >= 0.6 is 11.6 Å². The van der Waals surface area contributed by atoms with Crippen molar-refractivity contribution in [2.24, 2.45) is 5.73 Å². The highest BCUT2D eigenvalue weighted by atomic mass is 35.5.